The maximum absolute atomic E-state index is 14.2. The van der Waals surface area contributed by atoms with Gasteiger partial charge in [-0.2, -0.15) is 4.90 Å². The number of hydrogen-bond donors (Lipinski definition) is 1. The first-order valence-electron chi connectivity index (χ1n) is 9.61. The van der Waals surface area contributed by atoms with E-state index in [1.165, 1.54) is 6.92 Å². The highest BCUT2D eigenvalue weighted by Gasteiger charge is 2.41. The molecule has 9 nitrogen and oxygen atoms in total. The molecule has 1 atom stereocenters. The van der Waals surface area contributed by atoms with Crippen LogP contribution in [0.15, 0.2) is 16.6 Å². The Morgan fingerprint density at radius 1 is 0.968 bits per heavy atom. The number of hydrogen-bond acceptors (Lipinski definition) is 7. The van der Waals surface area contributed by atoms with Gasteiger partial charge in [0.2, 0.25) is 0 Å². The first-order chi connectivity index (χ1) is 14.0. The molecule has 0 aromatic heterocycles. The summed E-state index contributed by atoms with van der Waals surface area (Å²) in [5.41, 5.74) is 3.28. The average molecular weight is 449 g/mol. The number of carbonyl (C=O) groups is 3. The standard InChI is InChI=1S/C20H33F2N3O6/c1-12(23)24-11-14(22)13(21)9-10-15(16(26)29-8)25(17(27)30-19(2,3)4)18(28)31-20(5,6)7/h15H,9-11H2,1-8H3,(H2,23,24)/b14-13+/t15-/m0/s1. The van der Waals surface area contributed by atoms with Crippen LogP contribution in [0.5, 0.6) is 0 Å². The Morgan fingerprint density at radius 3 is 1.77 bits per heavy atom. The number of nitrogens with zero attached hydrogens (tertiary/aromatic N) is 2. The van der Waals surface area contributed by atoms with Crippen LogP contribution >= 0.6 is 0 Å². The van der Waals surface area contributed by atoms with Crippen LogP contribution in [0.1, 0.15) is 61.3 Å². The first kappa shape index (κ1) is 28.3. The molecule has 0 saturated carbocycles. The molecule has 0 aromatic carbocycles. The number of rotatable bonds is 7. The summed E-state index contributed by atoms with van der Waals surface area (Å²) in [6.45, 7) is 10.2. The van der Waals surface area contributed by atoms with E-state index in [1.807, 2.05) is 0 Å². The van der Waals surface area contributed by atoms with Crippen molar-refractivity contribution in [1.29, 1.82) is 0 Å². The zero-order valence-electron chi connectivity index (χ0n) is 19.4. The molecule has 0 aliphatic carbocycles. The SMILES string of the molecule is COC(=O)[C@H](CC/C(F)=C(\F)CN=C(C)N)N(C(=O)OC(C)(C)C)C(=O)OC(C)(C)C. The highest BCUT2D eigenvalue weighted by Crippen LogP contribution is 2.23. The summed E-state index contributed by atoms with van der Waals surface area (Å²) in [6, 6.07) is -1.62. The Balaban J connectivity index is 5.92. The van der Waals surface area contributed by atoms with Crippen LogP contribution in [0, 0.1) is 0 Å². The van der Waals surface area contributed by atoms with Crippen molar-refractivity contribution in [3.8, 4) is 0 Å². The zero-order chi connectivity index (χ0) is 24.6. The predicted octanol–water partition coefficient (Wildman–Crippen LogP) is 4.01. The molecular weight excluding hydrogens is 416 g/mol. The number of imide groups is 1. The van der Waals surface area contributed by atoms with Crippen LogP contribution in [-0.2, 0) is 19.0 Å². The number of ether oxygens (including phenoxy) is 3. The summed E-state index contributed by atoms with van der Waals surface area (Å²) in [4.78, 5) is 41.7. The summed E-state index contributed by atoms with van der Waals surface area (Å²) in [7, 11) is 1.03. The van der Waals surface area contributed by atoms with Gasteiger partial charge in [-0.25, -0.2) is 23.2 Å². The van der Waals surface area contributed by atoms with E-state index in [9.17, 15) is 23.2 Å². The summed E-state index contributed by atoms with van der Waals surface area (Å²) in [5, 5.41) is 0. The van der Waals surface area contributed by atoms with Crippen LogP contribution in [-0.4, -0.2) is 59.8 Å². The Bertz CT molecular complexity index is 691. The molecule has 0 saturated heterocycles. The van der Waals surface area contributed by atoms with Gasteiger partial charge in [0.25, 0.3) is 0 Å². The molecule has 0 spiro atoms. The van der Waals surface area contributed by atoms with Crippen LogP contribution in [0.4, 0.5) is 18.4 Å². The van der Waals surface area contributed by atoms with Crippen molar-refractivity contribution in [3.05, 3.63) is 11.7 Å². The molecule has 0 bridgehead atoms. The largest absolute Gasteiger partial charge is 0.467 e. The van der Waals surface area contributed by atoms with Crippen molar-refractivity contribution in [3.63, 3.8) is 0 Å². The van der Waals surface area contributed by atoms with Gasteiger partial charge in [-0.3, -0.25) is 4.99 Å². The molecule has 178 valence electrons. The van der Waals surface area contributed by atoms with Gasteiger partial charge in [0.1, 0.15) is 23.1 Å². The lowest BCUT2D eigenvalue weighted by atomic mass is 10.1. The second kappa shape index (κ2) is 11.6. The Kier molecular flexibility index (Phi) is 10.6. The molecule has 0 rings (SSSR count). The van der Waals surface area contributed by atoms with E-state index in [0.717, 1.165) is 7.11 Å². The molecule has 2 N–H and O–H groups in total. The second-order valence-corrected chi connectivity index (χ2v) is 8.68. The van der Waals surface area contributed by atoms with E-state index in [4.69, 9.17) is 15.2 Å². The van der Waals surface area contributed by atoms with Crippen LogP contribution in [0.3, 0.4) is 0 Å². The lowest BCUT2D eigenvalue weighted by molar-refractivity contribution is -0.147. The van der Waals surface area contributed by atoms with Crippen molar-refractivity contribution < 1.29 is 37.4 Å². The fraction of sp³-hybridized carbons (Fsp3) is 0.700. The van der Waals surface area contributed by atoms with Gasteiger partial charge in [0.05, 0.1) is 19.5 Å². The number of nitrogens with two attached hydrogens (primary N) is 1. The Labute approximate surface area is 181 Å². The average Bonchev–Trinajstić information content (AvgIpc) is 2.58. The zero-order valence-corrected chi connectivity index (χ0v) is 19.4. The minimum atomic E-state index is -1.62. The quantitative estimate of drug-likeness (QED) is 0.270. The predicted molar refractivity (Wildman–Crippen MR) is 111 cm³/mol. The monoisotopic (exact) mass is 449 g/mol. The summed E-state index contributed by atoms with van der Waals surface area (Å²) >= 11 is 0. The molecule has 0 fully saturated rings. The lowest BCUT2D eigenvalue weighted by Gasteiger charge is -2.32. The third kappa shape index (κ3) is 11.3. The highest BCUT2D eigenvalue weighted by atomic mass is 19.2. The van der Waals surface area contributed by atoms with Crippen molar-refractivity contribution in [2.24, 2.45) is 10.7 Å². The van der Waals surface area contributed by atoms with Crippen molar-refractivity contribution >= 4 is 24.0 Å². The maximum atomic E-state index is 14.2. The summed E-state index contributed by atoms with van der Waals surface area (Å²) in [6.07, 6.45) is -3.47. The number of esters is 1. The van der Waals surface area contributed by atoms with Gasteiger partial charge in [-0.1, -0.05) is 0 Å². The minimum absolute atomic E-state index is 0.0661. The molecule has 2 amide bonds. The van der Waals surface area contributed by atoms with Crippen molar-refractivity contribution in [2.75, 3.05) is 13.7 Å². The fourth-order valence-corrected chi connectivity index (χ4v) is 2.12. The third-order valence-corrected chi connectivity index (χ3v) is 3.36. The van der Waals surface area contributed by atoms with E-state index < -0.39 is 66.4 Å². The van der Waals surface area contributed by atoms with Gasteiger partial charge in [-0.05, 0) is 54.9 Å². The third-order valence-electron chi connectivity index (χ3n) is 3.36. The van der Waals surface area contributed by atoms with E-state index in [0.29, 0.717) is 4.90 Å². The molecule has 0 aromatic rings. The molecule has 0 aliphatic rings. The van der Waals surface area contributed by atoms with Crippen molar-refractivity contribution in [1.82, 2.24) is 4.90 Å². The molecule has 31 heavy (non-hydrogen) atoms. The van der Waals surface area contributed by atoms with E-state index in [2.05, 4.69) is 9.73 Å². The van der Waals surface area contributed by atoms with E-state index in [1.54, 1.807) is 41.5 Å². The molecule has 11 heteroatoms. The minimum Gasteiger partial charge on any atom is -0.467 e. The fourth-order valence-electron chi connectivity index (χ4n) is 2.12. The number of methoxy groups -OCH3 is 1. The number of halogens is 2. The van der Waals surface area contributed by atoms with Gasteiger partial charge in [-0.15, -0.1) is 0 Å². The Morgan fingerprint density at radius 2 is 1.42 bits per heavy atom. The van der Waals surface area contributed by atoms with Gasteiger partial charge < -0.3 is 19.9 Å². The number of allylic oxidation sites excluding steroid dienone is 1. The van der Waals surface area contributed by atoms with E-state index >= 15 is 0 Å². The Hall–Kier alpha value is -2.72. The van der Waals surface area contributed by atoms with Crippen molar-refractivity contribution in [2.45, 2.75) is 78.6 Å². The van der Waals surface area contributed by atoms with Gasteiger partial charge in [0.15, 0.2) is 5.83 Å². The number of aliphatic imine (C=N–C) groups is 1. The molecule has 0 aliphatic heterocycles. The highest BCUT2D eigenvalue weighted by molar-refractivity contribution is 5.94. The molecule has 0 unspecified atom stereocenters. The van der Waals surface area contributed by atoms with Gasteiger partial charge >= 0.3 is 18.2 Å². The summed E-state index contributed by atoms with van der Waals surface area (Å²) < 4.78 is 43.1. The van der Waals surface area contributed by atoms with E-state index in [-0.39, 0.29) is 5.84 Å². The molecule has 0 radical (unpaired) electrons. The van der Waals surface area contributed by atoms with Crippen LogP contribution in [0.25, 0.3) is 0 Å². The maximum Gasteiger partial charge on any atom is 0.420 e. The number of amidine groups is 1. The molecule has 0 heterocycles. The first-order valence-corrected chi connectivity index (χ1v) is 9.61. The van der Waals surface area contributed by atoms with Crippen LogP contribution in [0.2, 0.25) is 0 Å². The summed E-state index contributed by atoms with van der Waals surface area (Å²) in [5.74, 6) is -3.35. The second-order valence-electron chi connectivity index (χ2n) is 8.68. The smallest absolute Gasteiger partial charge is 0.420 e. The lowest BCUT2D eigenvalue weighted by Crippen LogP contribution is -2.52. The molecular formula is C20H33F2N3O6. The number of amides is 2. The van der Waals surface area contributed by atoms with Gasteiger partial charge in [0, 0.05) is 6.42 Å². The normalized spacial score (nSPS) is 14.3. The van der Waals surface area contributed by atoms with Crippen LogP contribution < -0.4 is 5.73 Å². The number of carbonyl (C=O) groups excluding carboxylic acids is 3. The topological polar surface area (TPSA) is 121 Å².